The molecular formula is C13H21NO2S. The number of carboxylic acids is 1. The predicted octanol–water partition coefficient (Wildman–Crippen LogP) is 3.38. The van der Waals surface area contributed by atoms with Crippen LogP contribution in [0.15, 0.2) is 17.5 Å². The Morgan fingerprint density at radius 2 is 2.18 bits per heavy atom. The lowest BCUT2D eigenvalue weighted by atomic mass is 9.98. The van der Waals surface area contributed by atoms with Crippen LogP contribution in [0.3, 0.4) is 0 Å². The molecule has 1 rings (SSSR count). The second-order valence-corrected chi connectivity index (χ2v) is 5.57. The van der Waals surface area contributed by atoms with Gasteiger partial charge in [-0.05, 0) is 38.3 Å². The Labute approximate surface area is 107 Å². The van der Waals surface area contributed by atoms with E-state index in [1.165, 1.54) is 4.88 Å². The number of nitrogens with zero attached hydrogens (tertiary/aromatic N) is 1. The Kier molecular flexibility index (Phi) is 4.71. The summed E-state index contributed by atoms with van der Waals surface area (Å²) in [7, 11) is 0. The van der Waals surface area contributed by atoms with Crippen molar-refractivity contribution < 1.29 is 9.90 Å². The molecule has 0 bridgehead atoms. The maximum Gasteiger partial charge on any atom is 0.323 e. The largest absolute Gasteiger partial charge is 0.480 e. The number of hydrogen-bond donors (Lipinski definition) is 1. The van der Waals surface area contributed by atoms with Crippen molar-refractivity contribution >= 4 is 17.3 Å². The highest BCUT2D eigenvalue weighted by atomic mass is 32.1. The second kappa shape index (κ2) is 5.65. The van der Waals surface area contributed by atoms with Crippen LogP contribution in [-0.4, -0.2) is 28.1 Å². The molecule has 0 radical (unpaired) electrons. The summed E-state index contributed by atoms with van der Waals surface area (Å²) in [6.07, 6.45) is 0.922. The first kappa shape index (κ1) is 14.2. The van der Waals surface area contributed by atoms with Gasteiger partial charge >= 0.3 is 5.97 Å². The molecule has 17 heavy (non-hydrogen) atoms. The van der Waals surface area contributed by atoms with Crippen LogP contribution in [0.4, 0.5) is 0 Å². The summed E-state index contributed by atoms with van der Waals surface area (Å²) in [5, 5.41) is 11.4. The van der Waals surface area contributed by atoms with Crippen molar-refractivity contribution in [1.29, 1.82) is 0 Å². The fraction of sp³-hybridized carbons (Fsp3) is 0.615. The smallest absolute Gasteiger partial charge is 0.323 e. The van der Waals surface area contributed by atoms with Gasteiger partial charge < -0.3 is 5.11 Å². The zero-order valence-electron chi connectivity index (χ0n) is 10.9. The molecule has 0 fully saturated rings. The Hall–Kier alpha value is -0.870. The fourth-order valence-electron chi connectivity index (χ4n) is 2.18. The highest BCUT2D eigenvalue weighted by Crippen LogP contribution is 2.33. The van der Waals surface area contributed by atoms with E-state index in [4.69, 9.17) is 0 Å². The molecule has 1 aromatic heterocycles. The van der Waals surface area contributed by atoms with Crippen LogP contribution in [-0.2, 0) is 4.79 Å². The molecule has 0 aromatic carbocycles. The molecule has 0 aliphatic rings. The molecule has 4 heteroatoms. The van der Waals surface area contributed by atoms with Crippen LogP contribution >= 0.6 is 11.3 Å². The minimum Gasteiger partial charge on any atom is -0.480 e. The summed E-state index contributed by atoms with van der Waals surface area (Å²) in [4.78, 5) is 14.7. The van der Waals surface area contributed by atoms with Crippen LogP contribution < -0.4 is 0 Å². The molecular weight excluding hydrogens is 234 g/mol. The van der Waals surface area contributed by atoms with E-state index in [0.29, 0.717) is 0 Å². The van der Waals surface area contributed by atoms with Gasteiger partial charge in [0.1, 0.15) is 5.54 Å². The SMILES string of the molecule is CCC(c1cccs1)N(CC)C(C)(C)C(=O)O. The van der Waals surface area contributed by atoms with E-state index in [2.05, 4.69) is 17.9 Å². The number of carboxylic acid groups (broad SMARTS) is 1. The normalized spacial score (nSPS) is 13.9. The third-order valence-corrected chi connectivity index (χ3v) is 4.19. The van der Waals surface area contributed by atoms with Gasteiger partial charge in [0.05, 0.1) is 0 Å². The molecule has 0 saturated carbocycles. The molecule has 0 aliphatic heterocycles. The minimum absolute atomic E-state index is 0.186. The lowest BCUT2D eigenvalue weighted by Gasteiger charge is -2.39. The lowest BCUT2D eigenvalue weighted by molar-refractivity contribution is -0.151. The molecule has 0 saturated heterocycles. The van der Waals surface area contributed by atoms with Gasteiger partial charge in [-0.1, -0.05) is 19.9 Å². The molecule has 96 valence electrons. The van der Waals surface area contributed by atoms with E-state index in [9.17, 15) is 9.90 Å². The van der Waals surface area contributed by atoms with Crippen molar-refractivity contribution in [3.8, 4) is 0 Å². The number of carbonyl (C=O) groups is 1. The summed E-state index contributed by atoms with van der Waals surface area (Å²) >= 11 is 1.69. The summed E-state index contributed by atoms with van der Waals surface area (Å²) < 4.78 is 0. The average molecular weight is 255 g/mol. The molecule has 1 atom stereocenters. The summed E-state index contributed by atoms with van der Waals surface area (Å²) in [5.41, 5.74) is -0.834. The molecule has 0 amide bonds. The van der Waals surface area contributed by atoms with E-state index >= 15 is 0 Å². The fourth-order valence-corrected chi connectivity index (χ4v) is 3.11. The zero-order chi connectivity index (χ0) is 13.1. The van der Waals surface area contributed by atoms with Crippen molar-refractivity contribution in [2.45, 2.75) is 45.7 Å². The number of hydrogen-bond acceptors (Lipinski definition) is 3. The Bertz CT molecular complexity index is 360. The highest BCUT2D eigenvalue weighted by Gasteiger charge is 2.38. The summed E-state index contributed by atoms with van der Waals surface area (Å²) in [6, 6.07) is 4.29. The van der Waals surface area contributed by atoms with Gasteiger partial charge in [-0.15, -0.1) is 11.3 Å². The number of thiophene rings is 1. The van der Waals surface area contributed by atoms with Gasteiger partial charge in [0.2, 0.25) is 0 Å². The van der Waals surface area contributed by atoms with Crippen LogP contribution in [0.25, 0.3) is 0 Å². The molecule has 0 spiro atoms. The molecule has 1 aromatic rings. The summed E-state index contributed by atoms with van der Waals surface area (Å²) in [6.45, 7) is 8.39. The predicted molar refractivity (Wildman–Crippen MR) is 71.4 cm³/mol. The van der Waals surface area contributed by atoms with Crippen molar-refractivity contribution in [3.05, 3.63) is 22.4 Å². The van der Waals surface area contributed by atoms with Gasteiger partial charge in [0.15, 0.2) is 0 Å². The molecule has 1 N–H and O–H groups in total. The third-order valence-electron chi connectivity index (χ3n) is 3.22. The third kappa shape index (κ3) is 2.87. The second-order valence-electron chi connectivity index (χ2n) is 4.59. The van der Waals surface area contributed by atoms with E-state index in [1.54, 1.807) is 25.2 Å². The Morgan fingerprint density at radius 3 is 2.53 bits per heavy atom. The zero-order valence-corrected chi connectivity index (χ0v) is 11.8. The first-order valence-electron chi connectivity index (χ1n) is 5.98. The molecule has 0 aliphatic carbocycles. The van der Waals surface area contributed by atoms with E-state index < -0.39 is 11.5 Å². The lowest BCUT2D eigenvalue weighted by Crippen LogP contribution is -2.51. The van der Waals surface area contributed by atoms with Gasteiger partial charge in [0, 0.05) is 10.9 Å². The van der Waals surface area contributed by atoms with E-state index in [0.717, 1.165) is 13.0 Å². The van der Waals surface area contributed by atoms with Gasteiger partial charge in [-0.25, -0.2) is 0 Å². The van der Waals surface area contributed by atoms with Crippen molar-refractivity contribution in [2.24, 2.45) is 0 Å². The number of likely N-dealkylation sites (N-methyl/N-ethyl adjacent to an activating group) is 1. The first-order valence-corrected chi connectivity index (χ1v) is 6.86. The first-order chi connectivity index (χ1) is 7.95. The van der Waals surface area contributed by atoms with Gasteiger partial charge in [-0.3, -0.25) is 9.69 Å². The Morgan fingerprint density at radius 1 is 1.53 bits per heavy atom. The van der Waals surface area contributed by atoms with Gasteiger partial charge in [0.25, 0.3) is 0 Å². The van der Waals surface area contributed by atoms with Crippen molar-refractivity contribution in [2.75, 3.05) is 6.54 Å². The molecule has 1 unspecified atom stereocenters. The van der Waals surface area contributed by atoms with E-state index in [1.807, 2.05) is 18.4 Å². The van der Waals surface area contributed by atoms with Crippen LogP contribution in [0.2, 0.25) is 0 Å². The van der Waals surface area contributed by atoms with Gasteiger partial charge in [-0.2, -0.15) is 0 Å². The standard InChI is InChI=1S/C13H21NO2S/c1-5-10(11-8-7-9-17-11)14(6-2)13(3,4)12(15)16/h7-10H,5-6H2,1-4H3,(H,15,16). The topological polar surface area (TPSA) is 40.5 Å². The average Bonchev–Trinajstić information content (AvgIpc) is 2.78. The molecule has 3 nitrogen and oxygen atoms in total. The quantitative estimate of drug-likeness (QED) is 0.847. The summed E-state index contributed by atoms with van der Waals surface area (Å²) in [5.74, 6) is -0.769. The maximum absolute atomic E-state index is 11.4. The molecule has 1 heterocycles. The number of rotatable bonds is 6. The highest BCUT2D eigenvalue weighted by molar-refractivity contribution is 7.10. The van der Waals surface area contributed by atoms with E-state index in [-0.39, 0.29) is 6.04 Å². The Balaban J connectivity index is 3.04. The monoisotopic (exact) mass is 255 g/mol. The van der Waals surface area contributed by atoms with Crippen molar-refractivity contribution in [3.63, 3.8) is 0 Å². The van der Waals surface area contributed by atoms with Crippen molar-refractivity contribution in [1.82, 2.24) is 4.90 Å². The maximum atomic E-state index is 11.4. The van der Waals surface area contributed by atoms with Crippen LogP contribution in [0, 0.1) is 0 Å². The van der Waals surface area contributed by atoms with Crippen LogP contribution in [0.1, 0.15) is 45.0 Å². The van der Waals surface area contributed by atoms with Crippen LogP contribution in [0.5, 0.6) is 0 Å². The minimum atomic E-state index is -0.834. The number of aliphatic carboxylic acids is 1.